The van der Waals surface area contributed by atoms with Crippen molar-refractivity contribution in [2.45, 2.75) is 6.61 Å². The number of fused-ring (bicyclic) bond motifs is 1. The number of halogens is 1. The Morgan fingerprint density at radius 1 is 1.56 bits per heavy atom. The first kappa shape index (κ1) is 11.0. The van der Waals surface area contributed by atoms with E-state index in [1.807, 2.05) is 0 Å². The minimum absolute atomic E-state index is 0.141. The van der Waals surface area contributed by atoms with Gasteiger partial charge in [-0.3, -0.25) is 0 Å². The van der Waals surface area contributed by atoms with Crippen LogP contribution < -0.4 is 0 Å². The first-order valence-corrected chi connectivity index (χ1v) is 5.39. The molecule has 3 nitrogen and oxygen atoms in total. The summed E-state index contributed by atoms with van der Waals surface area (Å²) in [5.74, 6) is -1.44. The fourth-order valence-corrected chi connectivity index (χ4v) is 2.65. The summed E-state index contributed by atoms with van der Waals surface area (Å²) in [5, 5.41) is 9.63. The van der Waals surface area contributed by atoms with Crippen molar-refractivity contribution in [1.82, 2.24) is 0 Å². The summed E-state index contributed by atoms with van der Waals surface area (Å²) in [7, 11) is 1.48. The molecule has 0 unspecified atom stereocenters. The molecule has 5 heteroatoms. The van der Waals surface area contributed by atoms with Gasteiger partial charge in [0.2, 0.25) is 0 Å². The summed E-state index contributed by atoms with van der Waals surface area (Å²) in [6.07, 6.45) is 0. The van der Waals surface area contributed by atoms with Gasteiger partial charge in [-0.05, 0) is 6.07 Å². The van der Waals surface area contributed by atoms with E-state index in [0.29, 0.717) is 15.6 Å². The molecule has 0 aliphatic rings. The van der Waals surface area contributed by atoms with Crippen molar-refractivity contribution in [3.8, 4) is 0 Å². The standard InChI is InChI=1S/C11H9FO3S/c1-15-5-7-6-3-2-4-8(12)9(6)16-10(7)11(13)14/h2-4H,5H2,1H3,(H,13,14). The molecule has 0 spiro atoms. The number of hydrogen-bond acceptors (Lipinski definition) is 3. The van der Waals surface area contributed by atoms with Crippen LogP contribution in [0.2, 0.25) is 0 Å². The van der Waals surface area contributed by atoms with E-state index >= 15 is 0 Å². The van der Waals surface area contributed by atoms with Crippen LogP contribution in [0.25, 0.3) is 10.1 Å². The Kier molecular flexibility index (Phi) is 2.89. The van der Waals surface area contributed by atoms with Crippen LogP contribution in [0, 0.1) is 5.82 Å². The number of carboxylic acid groups (broad SMARTS) is 1. The second-order valence-corrected chi connectivity index (χ2v) is 4.29. The molecular weight excluding hydrogens is 231 g/mol. The van der Waals surface area contributed by atoms with Gasteiger partial charge in [0.15, 0.2) is 0 Å². The average molecular weight is 240 g/mol. The van der Waals surface area contributed by atoms with Gasteiger partial charge in [-0.15, -0.1) is 11.3 Å². The molecular formula is C11H9FO3S. The smallest absolute Gasteiger partial charge is 0.346 e. The third-order valence-electron chi connectivity index (χ3n) is 2.25. The van der Waals surface area contributed by atoms with E-state index < -0.39 is 11.8 Å². The predicted octanol–water partition coefficient (Wildman–Crippen LogP) is 2.89. The molecule has 1 aromatic heterocycles. The zero-order valence-electron chi connectivity index (χ0n) is 8.49. The van der Waals surface area contributed by atoms with E-state index in [9.17, 15) is 9.18 Å². The van der Waals surface area contributed by atoms with Crippen LogP contribution >= 0.6 is 11.3 Å². The van der Waals surface area contributed by atoms with E-state index in [0.717, 1.165) is 11.3 Å². The van der Waals surface area contributed by atoms with Crippen LogP contribution in [0.3, 0.4) is 0 Å². The highest BCUT2D eigenvalue weighted by atomic mass is 32.1. The molecule has 84 valence electrons. The Morgan fingerprint density at radius 2 is 2.31 bits per heavy atom. The fraction of sp³-hybridized carbons (Fsp3) is 0.182. The highest BCUT2D eigenvalue weighted by Crippen LogP contribution is 2.33. The van der Waals surface area contributed by atoms with Crippen molar-refractivity contribution in [3.05, 3.63) is 34.5 Å². The number of carbonyl (C=O) groups is 1. The van der Waals surface area contributed by atoms with Crippen LogP contribution in [-0.4, -0.2) is 18.2 Å². The number of aromatic carboxylic acids is 1. The highest BCUT2D eigenvalue weighted by Gasteiger charge is 2.19. The van der Waals surface area contributed by atoms with Crippen molar-refractivity contribution in [1.29, 1.82) is 0 Å². The molecule has 0 amide bonds. The third-order valence-corrected chi connectivity index (χ3v) is 3.50. The van der Waals surface area contributed by atoms with Crippen LogP contribution in [0.15, 0.2) is 18.2 Å². The molecule has 0 radical (unpaired) electrons. The number of rotatable bonds is 3. The SMILES string of the molecule is COCc1c(C(=O)O)sc2c(F)cccc12. The number of thiophene rings is 1. The summed E-state index contributed by atoms with van der Waals surface area (Å²) in [6, 6.07) is 4.59. The minimum Gasteiger partial charge on any atom is -0.477 e. The molecule has 0 aliphatic carbocycles. The van der Waals surface area contributed by atoms with Crippen LogP contribution in [0.4, 0.5) is 4.39 Å². The average Bonchev–Trinajstić information content (AvgIpc) is 2.60. The molecule has 0 fully saturated rings. The molecule has 2 rings (SSSR count). The van der Waals surface area contributed by atoms with Gasteiger partial charge in [0.1, 0.15) is 10.7 Å². The monoisotopic (exact) mass is 240 g/mol. The Bertz CT molecular complexity index is 547. The molecule has 0 saturated carbocycles. The molecule has 1 aromatic carbocycles. The number of hydrogen-bond donors (Lipinski definition) is 1. The lowest BCUT2D eigenvalue weighted by Crippen LogP contribution is -1.98. The van der Waals surface area contributed by atoms with E-state index in [1.165, 1.54) is 13.2 Å². The number of carboxylic acids is 1. The van der Waals surface area contributed by atoms with Crippen molar-refractivity contribution < 1.29 is 19.0 Å². The number of methoxy groups -OCH3 is 1. The zero-order chi connectivity index (χ0) is 11.7. The summed E-state index contributed by atoms with van der Waals surface area (Å²) in [6.45, 7) is 0.172. The second kappa shape index (κ2) is 4.19. The molecule has 0 saturated heterocycles. The minimum atomic E-state index is -1.05. The summed E-state index contributed by atoms with van der Waals surface area (Å²) in [5.41, 5.74) is 0.537. The molecule has 1 heterocycles. The van der Waals surface area contributed by atoms with Crippen LogP contribution in [0.1, 0.15) is 15.2 Å². The van der Waals surface area contributed by atoms with Gasteiger partial charge in [-0.1, -0.05) is 12.1 Å². The largest absolute Gasteiger partial charge is 0.477 e. The predicted molar refractivity (Wildman–Crippen MR) is 59.5 cm³/mol. The first-order valence-electron chi connectivity index (χ1n) is 4.57. The molecule has 0 aliphatic heterocycles. The van der Waals surface area contributed by atoms with Crippen molar-refractivity contribution in [3.63, 3.8) is 0 Å². The molecule has 0 atom stereocenters. The Labute approximate surface area is 95.1 Å². The lowest BCUT2D eigenvalue weighted by Gasteiger charge is -1.99. The normalized spacial score (nSPS) is 10.9. The Hall–Kier alpha value is -1.46. The third kappa shape index (κ3) is 1.68. The van der Waals surface area contributed by atoms with Crippen LogP contribution in [-0.2, 0) is 11.3 Å². The van der Waals surface area contributed by atoms with Gasteiger partial charge in [0.25, 0.3) is 0 Å². The van der Waals surface area contributed by atoms with Gasteiger partial charge in [0, 0.05) is 18.1 Å². The maximum atomic E-state index is 13.5. The highest BCUT2D eigenvalue weighted by molar-refractivity contribution is 7.21. The summed E-state index contributed by atoms with van der Waals surface area (Å²) < 4.78 is 18.8. The van der Waals surface area contributed by atoms with Crippen molar-refractivity contribution in [2.75, 3.05) is 7.11 Å². The van der Waals surface area contributed by atoms with Gasteiger partial charge >= 0.3 is 5.97 Å². The van der Waals surface area contributed by atoms with Gasteiger partial charge in [-0.25, -0.2) is 9.18 Å². The van der Waals surface area contributed by atoms with E-state index in [2.05, 4.69) is 0 Å². The van der Waals surface area contributed by atoms with Gasteiger partial charge < -0.3 is 9.84 Å². The molecule has 1 N–H and O–H groups in total. The fourth-order valence-electron chi connectivity index (χ4n) is 1.60. The number of benzene rings is 1. The summed E-state index contributed by atoms with van der Waals surface area (Å²) >= 11 is 0.944. The molecule has 2 aromatic rings. The van der Waals surface area contributed by atoms with Gasteiger partial charge in [0.05, 0.1) is 11.3 Å². The quantitative estimate of drug-likeness (QED) is 0.897. The molecule has 16 heavy (non-hydrogen) atoms. The zero-order valence-corrected chi connectivity index (χ0v) is 9.31. The van der Waals surface area contributed by atoms with Gasteiger partial charge in [-0.2, -0.15) is 0 Å². The maximum absolute atomic E-state index is 13.5. The topological polar surface area (TPSA) is 46.5 Å². The first-order chi connectivity index (χ1) is 7.65. The Morgan fingerprint density at radius 3 is 2.94 bits per heavy atom. The van der Waals surface area contributed by atoms with E-state index in [1.54, 1.807) is 12.1 Å². The van der Waals surface area contributed by atoms with Crippen LogP contribution in [0.5, 0.6) is 0 Å². The van der Waals surface area contributed by atoms with Crippen molar-refractivity contribution in [2.24, 2.45) is 0 Å². The van der Waals surface area contributed by atoms with Crippen molar-refractivity contribution >= 4 is 27.4 Å². The van der Waals surface area contributed by atoms with E-state index in [4.69, 9.17) is 9.84 Å². The maximum Gasteiger partial charge on any atom is 0.346 e. The lowest BCUT2D eigenvalue weighted by atomic mass is 10.1. The molecule has 0 bridgehead atoms. The second-order valence-electron chi connectivity index (χ2n) is 3.26. The summed E-state index contributed by atoms with van der Waals surface area (Å²) in [4.78, 5) is 11.2. The number of ether oxygens (including phenoxy) is 1. The van der Waals surface area contributed by atoms with E-state index in [-0.39, 0.29) is 11.5 Å². The Balaban J connectivity index is 2.75. The lowest BCUT2D eigenvalue weighted by molar-refractivity contribution is 0.0698.